The first kappa shape index (κ1) is 23.8. The summed E-state index contributed by atoms with van der Waals surface area (Å²) in [5, 5.41) is 0.671. The molecular formula is C26H31ClN2O3S. The van der Waals surface area contributed by atoms with Gasteiger partial charge in [0.25, 0.3) is 5.91 Å². The molecule has 1 saturated heterocycles. The van der Waals surface area contributed by atoms with Crippen LogP contribution in [0.15, 0.2) is 30.3 Å². The number of carbonyl (C=O) groups is 2. The minimum Gasteiger partial charge on any atom is -0.444 e. The second kappa shape index (κ2) is 9.51. The molecule has 0 radical (unpaired) electrons. The number of halogens is 1. The summed E-state index contributed by atoms with van der Waals surface area (Å²) in [7, 11) is 0. The fraction of sp³-hybridized carbons (Fsp3) is 0.462. The average Bonchev–Trinajstić information content (AvgIpc) is 3.42. The minimum absolute atomic E-state index is 0.135. The van der Waals surface area contributed by atoms with Crippen molar-refractivity contribution in [3.05, 3.63) is 51.4 Å². The van der Waals surface area contributed by atoms with Crippen LogP contribution in [-0.2, 0) is 4.74 Å². The second-order valence-electron chi connectivity index (χ2n) is 9.72. The van der Waals surface area contributed by atoms with Crippen molar-refractivity contribution < 1.29 is 14.3 Å². The quantitative estimate of drug-likeness (QED) is 0.488. The Kier molecular flexibility index (Phi) is 6.87. The average molecular weight is 487 g/mol. The Bertz CT molecular complexity index is 1090. The van der Waals surface area contributed by atoms with Gasteiger partial charge in [0.2, 0.25) is 0 Å². The summed E-state index contributed by atoms with van der Waals surface area (Å²) in [6.07, 6.45) is 4.71. The normalized spacial score (nSPS) is 16.7. The van der Waals surface area contributed by atoms with Gasteiger partial charge in [-0.2, -0.15) is 0 Å². The molecule has 4 rings (SSSR count). The van der Waals surface area contributed by atoms with E-state index < -0.39 is 5.60 Å². The number of ether oxygens (including phenoxy) is 1. The van der Waals surface area contributed by atoms with Crippen molar-refractivity contribution in [1.29, 1.82) is 0 Å². The fourth-order valence-electron chi connectivity index (χ4n) is 4.23. The number of hydrogen-bond donors (Lipinski definition) is 0. The fourth-order valence-corrected chi connectivity index (χ4v) is 5.75. The summed E-state index contributed by atoms with van der Waals surface area (Å²) in [5.41, 5.74) is 3.69. The zero-order valence-corrected chi connectivity index (χ0v) is 21.3. The third-order valence-electron chi connectivity index (χ3n) is 5.97. The Labute approximate surface area is 205 Å². The Morgan fingerprint density at radius 1 is 1.06 bits per heavy atom. The van der Waals surface area contributed by atoms with E-state index in [1.807, 2.05) is 44.7 Å². The molecule has 176 valence electrons. The van der Waals surface area contributed by atoms with E-state index in [0.29, 0.717) is 18.1 Å². The van der Waals surface area contributed by atoms with Crippen molar-refractivity contribution in [3.8, 4) is 10.4 Å². The minimum atomic E-state index is -0.496. The predicted octanol–water partition coefficient (Wildman–Crippen LogP) is 6.64. The van der Waals surface area contributed by atoms with Crippen LogP contribution in [-0.4, -0.2) is 53.6 Å². The van der Waals surface area contributed by atoms with Crippen LogP contribution in [0.25, 0.3) is 16.0 Å². The smallest absolute Gasteiger partial charge is 0.410 e. The van der Waals surface area contributed by atoms with E-state index in [1.165, 1.54) is 16.9 Å². The van der Waals surface area contributed by atoms with Crippen LogP contribution in [0.1, 0.15) is 60.8 Å². The molecule has 0 bridgehead atoms. The maximum absolute atomic E-state index is 12.9. The lowest BCUT2D eigenvalue weighted by molar-refractivity contribution is 0.0270. The standard InChI is InChI=1S/C26H31ClN2O3S/c1-17-15-22(33-23(17)24(30)28-11-5-6-12-28)20-8-7-19(16-21(20)27)18-9-13-29(14-10-18)25(31)32-26(2,3)4/h7-9,15-16H,5-6,10-14H2,1-4H3. The largest absolute Gasteiger partial charge is 0.444 e. The third-order valence-corrected chi connectivity index (χ3v) is 7.54. The Morgan fingerprint density at radius 2 is 1.79 bits per heavy atom. The summed E-state index contributed by atoms with van der Waals surface area (Å²) >= 11 is 8.23. The highest BCUT2D eigenvalue weighted by molar-refractivity contribution is 7.17. The van der Waals surface area contributed by atoms with Gasteiger partial charge in [-0.15, -0.1) is 11.3 Å². The molecule has 0 spiro atoms. The van der Waals surface area contributed by atoms with Crippen LogP contribution in [0.3, 0.4) is 0 Å². The maximum Gasteiger partial charge on any atom is 0.410 e. The molecule has 2 aliphatic rings. The van der Waals surface area contributed by atoms with Crippen molar-refractivity contribution in [1.82, 2.24) is 9.80 Å². The van der Waals surface area contributed by atoms with E-state index in [0.717, 1.165) is 58.8 Å². The van der Waals surface area contributed by atoms with Gasteiger partial charge in [0.05, 0.1) is 4.88 Å². The molecular weight excluding hydrogens is 456 g/mol. The predicted molar refractivity (Wildman–Crippen MR) is 135 cm³/mol. The van der Waals surface area contributed by atoms with Crippen LogP contribution in [0.2, 0.25) is 5.02 Å². The first-order valence-electron chi connectivity index (χ1n) is 11.5. The lowest BCUT2D eigenvalue weighted by Crippen LogP contribution is -2.39. The van der Waals surface area contributed by atoms with Crippen molar-refractivity contribution in [2.45, 2.75) is 52.6 Å². The van der Waals surface area contributed by atoms with Crippen LogP contribution in [0, 0.1) is 6.92 Å². The monoisotopic (exact) mass is 486 g/mol. The van der Waals surface area contributed by atoms with Crippen LogP contribution in [0.4, 0.5) is 4.79 Å². The Morgan fingerprint density at radius 3 is 2.39 bits per heavy atom. The molecule has 1 fully saturated rings. The molecule has 3 heterocycles. The lowest BCUT2D eigenvalue weighted by Gasteiger charge is -2.29. The highest BCUT2D eigenvalue weighted by Gasteiger charge is 2.25. The Balaban J connectivity index is 1.49. The first-order chi connectivity index (χ1) is 15.6. The second-order valence-corrected chi connectivity index (χ2v) is 11.2. The number of rotatable bonds is 3. The number of thiophene rings is 1. The van der Waals surface area contributed by atoms with Crippen LogP contribution in [0.5, 0.6) is 0 Å². The molecule has 7 heteroatoms. The van der Waals surface area contributed by atoms with Gasteiger partial charge in [-0.25, -0.2) is 4.79 Å². The molecule has 0 N–H and O–H groups in total. The number of aryl methyl sites for hydroxylation is 1. The topological polar surface area (TPSA) is 49.9 Å². The lowest BCUT2D eigenvalue weighted by atomic mass is 9.98. The number of nitrogens with zero attached hydrogens (tertiary/aromatic N) is 2. The van der Waals surface area contributed by atoms with Crippen molar-refractivity contribution in [2.75, 3.05) is 26.2 Å². The summed E-state index contributed by atoms with van der Waals surface area (Å²) in [6.45, 7) is 10.5. The molecule has 0 atom stereocenters. The first-order valence-corrected chi connectivity index (χ1v) is 12.7. The number of carbonyl (C=O) groups excluding carboxylic acids is 2. The summed E-state index contributed by atoms with van der Waals surface area (Å²) in [6, 6.07) is 8.16. The molecule has 2 aliphatic heterocycles. The molecule has 2 aromatic rings. The molecule has 1 aromatic carbocycles. The van der Waals surface area contributed by atoms with E-state index in [4.69, 9.17) is 16.3 Å². The van der Waals surface area contributed by atoms with Gasteiger partial charge in [-0.3, -0.25) is 4.79 Å². The molecule has 33 heavy (non-hydrogen) atoms. The van der Waals surface area contributed by atoms with Gasteiger partial charge in [0.1, 0.15) is 5.60 Å². The van der Waals surface area contributed by atoms with Crippen molar-refractivity contribution in [3.63, 3.8) is 0 Å². The summed E-state index contributed by atoms with van der Waals surface area (Å²) < 4.78 is 5.47. The van der Waals surface area contributed by atoms with Gasteiger partial charge < -0.3 is 14.5 Å². The van der Waals surface area contributed by atoms with E-state index in [2.05, 4.69) is 18.2 Å². The van der Waals surface area contributed by atoms with Crippen molar-refractivity contribution >= 4 is 40.5 Å². The molecule has 0 unspecified atom stereocenters. The molecule has 5 nitrogen and oxygen atoms in total. The van der Waals surface area contributed by atoms with Gasteiger partial charge in [-0.05, 0) is 75.8 Å². The van der Waals surface area contributed by atoms with E-state index in [-0.39, 0.29) is 12.0 Å². The number of amides is 2. The van der Waals surface area contributed by atoms with Gasteiger partial charge in [0.15, 0.2) is 0 Å². The van der Waals surface area contributed by atoms with Gasteiger partial charge >= 0.3 is 6.09 Å². The van der Waals surface area contributed by atoms with Crippen LogP contribution >= 0.6 is 22.9 Å². The van der Waals surface area contributed by atoms with Crippen LogP contribution < -0.4 is 0 Å². The zero-order chi connectivity index (χ0) is 23.8. The van der Waals surface area contributed by atoms with E-state index >= 15 is 0 Å². The van der Waals surface area contributed by atoms with Crippen molar-refractivity contribution in [2.24, 2.45) is 0 Å². The highest BCUT2D eigenvalue weighted by atomic mass is 35.5. The SMILES string of the molecule is Cc1cc(-c2ccc(C3=CCN(C(=O)OC(C)(C)C)CC3)cc2Cl)sc1C(=O)N1CCCC1. The van der Waals surface area contributed by atoms with E-state index in [9.17, 15) is 9.59 Å². The Hall–Kier alpha value is -2.31. The summed E-state index contributed by atoms with van der Waals surface area (Å²) in [5.74, 6) is 0.135. The number of hydrogen-bond acceptors (Lipinski definition) is 4. The number of benzene rings is 1. The molecule has 2 amide bonds. The highest BCUT2D eigenvalue weighted by Crippen LogP contribution is 2.38. The van der Waals surface area contributed by atoms with Gasteiger partial charge in [-0.1, -0.05) is 29.8 Å². The summed E-state index contributed by atoms with van der Waals surface area (Å²) in [4.78, 5) is 30.7. The van der Waals surface area contributed by atoms with E-state index in [1.54, 1.807) is 4.90 Å². The third kappa shape index (κ3) is 5.44. The van der Waals surface area contributed by atoms with Gasteiger partial charge in [0, 0.05) is 41.6 Å². The molecule has 0 saturated carbocycles. The molecule has 0 aliphatic carbocycles. The number of likely N-dealkylation sites (tertiary alicyclic amines) is 1. The molecule has 1 aromatic heterocycles. The maximum atomic E-state index is 12.9. The zero-order valence-electron chi connectivity index (χ0n) is 19.7.